The van der Waals surface area contributed by atoms with Crippen molar-refractivity contribution in [2.24, 2.45) is 0 Å². The normalized spacial score (nSPS) is 12.2. The van der Waals surface area contributed by atoms with Gasteiger partial charge in [0, 0.05) is 17.9 Å². The van der Waals surface area contributed by atoms with Crippen LogP contribution in [-0.4, -0.2) is 35.3 Å². The number of carbonyl (C=O) groups excluding carboxylic acids is 1. The highest BCUT2D eigenvalue weighted by atomic mass is 16.3. The Labute approximate surface area is 94.9 Å². The molecule has 0 saturated carbocycles. The van der Waals surface area contributed by atoms with Crippen LogP contribution in [0.15, 0.2) is 24.3 Å². The van der Waals surface area contributed by atoms with Gasteiger partial charge in [-0.15, -0.1) is 0 Å². The fourth-order valence-corrected chi connectivity index (χ4v) is 1.43. The molecule has 0 aromatic heterocycles. The van der Waals surface area contributed by atoms with Crippen LogP contribution in [0.2, 0.25) is 0 Å². The molecule has 0 saturated heterocycles. The van der Waals surface area contributed by atoms with Crippen LogP contribution >= 0.6 is 0 Å². The largest absolute Gasteiger partial charge is 0.396 e. The van der Waals surface area contributed by atoms with Crippen molar-refractivity contribution >= 4 is 11.5 Å². The summed E-state index contributed by atoms with van der Waals surface area (Å²) in [5.41, 5.74) is 1.41. The first-order valence-corrected chi connectivity index (χ1v) is 5.26. The lowest BCUT2D eigenvalue weighted by atomic mass is 10.1. The quantitative estimate of drug-likeness (QED) is 0.630. The lowest BCUT2D eigenvalue weighted by Crippen LogP contribution is -2.24. The molecule has 0 radical (unpaired) electrons. The molecule has 0 bridgehead atoms. The van der Waals surface area contributed by atoms with Crippen LogP contribution in [0.25, 0.3) is 0 Å². The van der Waals surface area contributed by atoms with Crippen LogP contribution < -0.4 is 5.32 Å². The van der Waals surface area contributed by atoms with E-state index in [0.29, 0.717) is 12.0 Å². The van der Waals surface area contributed by atoms with Gasteiger partial charge in [0.2, 0.25) is 0 Å². The molecule has 1 rings (SSSR count). The maximum Gasteiger partial charge on any atom is 0.159 e. The number of aliphatic hydroxyl groups is 2. The summed E-state index contributed by atoms with van der Waals surface area (Å²) in [5.74, 6) is 0.00589. The van der Waals surface area contributed by atoms with Gasteiger partial charge >= 0.3 is 0 Å². The number of nitrogens with one attached hydrogen (secondary N) is 1. The lowest BCUT2D eigenvalue weighted by Gasteiger charge is -2.16. The SMILES string of the molecule is CC(=O)c1cccc(NC(CO)CCO)c1. The number of hydrogen-bond acceptors (Lipinski definition) is 4. The third kappa shape index (κ3) is 3.64. The Hall–Kier alpha value is -1.39. The highest BCUT2D eigenvalue weighted by Gasteiger charge is 2.07. The minimum atomic E-state index is -0.188. The highest BCUT2D eigenvalue weighted by molar-refractivity contribution is 5.94. The number of benzene rings is 1. The van der Waals surface area contributed by atoms with Gasteiger partial charge in [-0.2, -0.15) is 0 Å². The van der Waals surface area contributed by atoms with Gasteiger partial charge in [0.05, 0.1) is 12.6 Å². The van der Waals surface area contributed by atoms with E-state index in [1.807, 2.05) is 6.07 Å². The zero-order chi connectivity index (χ0) is 12.0. The number of anilines is 1. The minimum Gasteiger partial charge on any atom is -0.396 e. The Morgan fingerprint density at radius 1 is 1.44 bits per heavy atom. The molecule has 4 heteroatoms. The summed E-state index contributed by atoms with van der Waals surface area (Å²) in [7, 11) is 0. The monoisotopic (exact) mass is 223 g/mol. The zero-order valence-corrected chi connectivity index (χ0v) is 9.31. The predicted molar refractivity (Wildman–Crippen MR) is 62.6 cm³/mol. The van der Waals surface area contributed by atoms with E-state index in [0.717, 1.165) is 5.69 Å². The highest BCUT2D eigenvalue weighted by Crippen LogP contribution is 2.13. The average Bonchev–Trinajstić information content (AvgIpc) is 2.29. The number of hydrogen-bond donors (Lipinski definition) is 3. The molecule has 1 unspecified atom stereocenters. The van der Waals surface area contributed by atoms with E-state index in [4.69, 9.17) is 10.2 Å². The van der Waals surface area contributed by atoms with Crippen molar-refractivity contribution in [1.82, 2.24) is 0 Å². The molecule has 0 spiro atoms. The summed E-state index contributed by atoms with van der Waals surface area (Å²) < 4.78 is 0. The van der Waals surface area contributed by atoms with E-state index in [2.05, 4.69) is 5.32 Å². The van der Waals surface area contributed by atoms with E-state index < -0.39 is 0 Å². The third-order valence-electron chi connectivity index (χ3n) is 2.34. The summed E-state index contributed by atoms with van der Waals surface area (Å²) in [6, 6.07) is 6.90. The van der Waals surface area contributed by atoms with E-state index in [1.165, 1.54) is 6.92 Å². The molecule has 1 atom stereocenters. The molecule has 3 N–H and O–H groups in total. The number of carbonyl (C=O) groups is 1. The maximum atomic E-state index is 11.2. The number of Topliss-reactive ketones (excluding diaryl/α,β-unsaturated/α-hetero) is 1. The first-order valence-electron chi connectivity index (χ1n) is 5.26. The molecule has 0 amide bonds. The van der Waals surface area contributed by atoms with Crippen LogP contribution in [0.3, 0.4) is 0 Å². The first-order chi connectivity index (χ1) is 7.67. The summed E-state index contributed by atoms with van der Waals surface area (Å²) in [6.45, 7) is 1.48. The Bertz CT molecular complexity index is 352. The number of rotatable bonds is 6. The van der Waals surface area contributed by atoms with Crippen molar-refractivity contribution in [2.75, 3.05) is 18.5 Å². The zero-order valence-electron chi connectivity index (χ0n) is 9.31. The van der Waals surface area contributed by atoms with Gasteiger partial charge in [-0.3, -0.25) is 4.79 Å². The smallest absolute Gasteiger partial charge is 0.159 e. The molecule has 88 valence electrons. The number of ketones is 1. The molecular formula is C12H17NO3. The Morgan fingerprint density at radius 3 is 2.75 bits per heavy atom. The van der Waals surface area contributed by atoms with Gasteiger partial charge in [-0.1, -0.05) is 12.1 Å². The molecule has 0 aliphatic rings. The van der Waals surface area contributed by atoms with Crippen molar-refractivity contribution in [1.29, 1.82) is 0 Å². The van der Waals surface area contributed by atoms with Gasteiger partial charge < -0.3 is 15.5 Å². The van der Waals surface area contributed by atoms with Gasteiger partial charge in [0.25, 0.3) is 0 Å². The van der Waals surface area contributed by atoms with Crippen molar-refractivity contribution in [3.05, 3.63) is 29.8 Å². The summed E-state index contributed by atoms with van der Waals surface area (Å²) >= 11 is 0. The van der Waals surface area contributed by atoms with E-state index >= 15 is 0 Å². The molecule has 0 heterocycles. The van der Waals surface area contributed by atoms with Crippen LogP contribution in [0.1, 0.15) is 23.7 Å². The molecule has 4 nitrogen and oxygen atoms in total. The van der Waals surface area contributed by atoms with Crippen LogP contribution in [-0.2, 0) is 0 Å². The second kappa shape index (κ2) is 6.25. The first kappa shape index (κ1) is 12.7. The molecule has 16 heavy (non-hydrogen) atoms. The Balaban J connectivity index is 2.72. The molecule has 0 aliphatic carbocycles. The number of aliphatic hydroxyl groups excluding tert-OH is 2. The predicted octanol–water partition coefficient (Wildman–Crippen LogP) is 1.04. The maximum absolute atomic E-state index is 11.2. The fourth-order valence-electron chi connectivity index (χ4n) is 1.43. The van der Waals surface area contributed by atoms with Crippen LogP contribution in [0, 0.1) is 0 Å². The molecule has 0 fully saturated rings. The van der Waals surface area contributed by atoms with E-state index in [9.17, 15) is 4.79 Å². The average molecular weight is 223 g/mol. The molecule has 0 aliphatic heterocycles. The lowest BCUT2D eigenvalue weighted by molar-refractivity contribution is 0.101. The van der Waals surface area contributed by atoms with Crippen molar-refractivity contribution in [3.63, 3.8) is 0 Å². The topological polar surface area (TPSA) is 69.6 Å². The van der Waals surface area contributed by atoms with Crippen molar-refractivity contribution in [3.8, 4) is 0 Å². The second-order valence-corrected chi connectivity index (χ2v) is 3.67. The summed E-state index contributed by atoms with van der Waals surface area (Å²) in [5, 5.41) is 20.9. The van der Waals surface area contributed by atoms with E-state index in [1.54, 1.807) is 18.2 Å². The van der Waals surface area contributed by atoms with Crippen LogP contribution in [0.4, 0.5) is 5.69 Å². The molecule has 1 aromatic carbocycles. The Morgan fingerprint density at radius 2 is 2.19 bits per heavy atom. The minimum absolute atomic E-state index is 0.00589. The molecular weight excluding hydrogens is 206 g/mol. The van der Waals surface area contributed by atoms with Crippen LogP contribution in [0.5, 0.6) is 0 Å². The van der Waals surface area contributed by atoms with Gasteiger partial charge in [-0.25, -0.2) is 0 Å². The van der Waals surface area contributed by atoms with Gasteiger partial charge in [0.15, 0.2) is 5.78 Å². The molecule has 1 aromatic rings. The fraction of sp³-hybridized carbons (Fsp3) is 0.417. The van der Waals surface area contributed by atoms with Crippen molar-refractivity contribution < 1.29 is 15.0 Å². The van der Waals surface area contributed by atoms with E-state index in [-0.39, 0.29) is 25.0 Å². The van der Waals surface area contributed by atoms with Gasteiger partial charge in [-0.05, 0) is 25.5 Å². The van der Waals surface area contributed by atoms with Crippen molar-refractivity contribution in [2.45, 2.75) is 19.4 Å². The third-order valence-corrected chi connectivity index (χ3v) is 2.34. The Kier molecular flexibility index (Phi) is 4.95. The van der Waals surface area contributed by atoms with Gasteiger partial charge in [0.1, 0.15) is 0 Å². The standard InChI is InChI=1S/C12H17NO3/c1-9(16)10-3-2-4-11(7-10)13-12(8-15)5-6-14/h2-4,7,12-15H,5-6,8H2,1H3. The summed E-state index contributed by atoms with van der Waals surface area (Å²) in [6.07, 6.45) is 0.473. The second-order valence-electron chi connectivity index (χ2n) is 3.67. The summed E-state index contributed by atoms with van der Waals surface area (Å²) in [4.78, 5) is 11.2.